The zero-order valence-corrected chi connectivity index (χ0v) is 9.75. The van der Waals surface area contributed by atoms with Crippen molar-refractivity contribution in [1.29, 1.82) is 0 Å². The summed E-state index contributed by atoms with van der Waals surface area (Å²) in [7, 11) is 0. The molecule has 1 aliphatic rings. The fourth-order valence-corrected chi connectivity index (χ4v) is 1.35. The molecule has 1 rings (SSSR count). The van der Waals surface area contributed by atoms with Crippen molar-refractivity contribution in [2.24, 2.45) is 5.92 Å². The van der Waals surface area contributed by atoms with Gasteiger partial charge in [-0.25, -0.2) is 0 Å². The first-order valence-corrected chi connectivity index (χ1v) is 5.37. The monoisotopic (exact) mass is 203 g/mol. The van der Waals surface area contributed by atoms with E-state index in [0.29, 0.717) is 6.61 Å². The highest BCUT2D eigenvalue weighted by atomic mass is 16.2. The summed E-state index contributed by atoms with van der Waals surface area (Å²) in [5.74, 6) is 0.963. The van der Waals surface area contributed by atoms with Crippen LogP contribution in [0, 0.1) is 5.92 Å². The molecule has 2 N–H and O–H groups in total. The average Bonchev–Trinajstić information content (AvgIpc) is 2.67. The Morgan fingerprint density at radius 1 is 1.43 bits per heavy atom. The van der Waals surface area contributed by atoms with Crippen LogP contribution in [-0.4, -0.2) is 31.1 Å². The Kier molecular flexibility index (Phi) is 14.4. The first-order valence-electron chi connectivity index (χ1n) is 5.37. The van der Waals surface area contributed by atoms with E-state index in [2.05, 4.69) is 19.2 Å². The molecule has 0 aromatic heterocycles. The van der Waals surface area contributed by atoms with Crippen molar-refractivity contribution in [2.45, 2.75) is 46.1 Å². The highest BCUT2D eigenvalue weighted by molar-refractivity contribution is 5.10. The van der Waals surface area contributed by atoms with Crippen molar-refractivity contribution in [3.63, 3.8) is 0 Å². The van der Waals surface area contributed by atoms with Crippen LogP contribution >= 0.6 is 0 Å². The molecule has 0 aromatic rings. The van der Waals surface area contributed by atoms with Gasteiger partial charge in [-0.1, -0.05) is 20.3 Å². The first kappa shape index (κ1) is 16.0. The van der Waals surface area contributed by atoms with Crippen molar-refractivity contribution in [1.82, 2.24) is 5.32 Å². The molecule has 1 unspecified atom stereocenters. The Balaban J connectivity index is 0. The highest BCUT2D eigenvalue weighted by Crippen LogP contribution is 2.15. The predicted octanol–water partition coefficient (Wildman–Crippen LogP) is 1.60. The minimum Gasteiger partial charge on any atom is -0.396 e. The van der Waals surface area contributed by atoms with Crippen LogP contribution in [0.1, 0.15) is 40.0 Å². The normalized spacial score (nSPS) is 24.3. The van der Waals surface area contributed by atoms with Gasteiger partial charge in [-0.15, -0.1) is 0 Å². The van der Waals surface area contributed by atoms with Crippen LogP contribution in [0.25, 0.3) is 0 Å². The molecule has 14 heavy (non-hydrogen) atoms. The summed E-state index contributed by atoms with van der Waals surface area (Å²) >= 11 is 0. The first-order chi connectivity index (χ1) is 6.74. The molecule has 1 aliphatic heterocycles. The minimum atomic E-state index is 0.319. The summed E-state index contributed by atoms with van der Waals surface area (Å²) in [6.07, 6.45) is 3.61. The van der Waals surface area contributed by atoms with Gasteiger partial charge in [0.15, 0.2) is 0 Å². The van der Waals surface area contributed by atoms with Crippen molar-refractivity contribution < 1.29 is 9.90 Å². The van der Waals surface area contributed by atoms with E-state index in [-0.39, 0.29) is 0 Å². The smallest absolute Gasteiger partial charge is 0.106 e. The number of nitrogens with one attached hydrogen (secondary N) is 1. The number of aliphatic hydroxyl groups excluding tert-OH is 1. The summed E-state index contributed by atoms with van der Waals surface area (Å²) in [5.41, 5.74) is 0. The molecule has 86 valence electrons. The maximum atomic E-state index is 8.00. The molecule has 0 spiro atoms. The molecule has 0 bridgehead atoms. The molecular formula is C11H25NO2. The lowest BCUT2D eigenvalue weighted by atomic mass is 10.0. The quantitative estimate of drug-likeness (QED) is 0.716. The molecule has 1 heterocycles. The van der Waals surface area contributed by atoms with Gasteiger partial charge in [-0.3, -0.25) is 0 Å². The predicted molar refractivity (Wildman–Crippen MR) is 60.4 cm³/mol. The van der Waals surface area contributed by atoms with E-state index in [1.807, 2.05) is 13.7 Å². The van der Waals surface area contributed by atoms with Gasteiger partial charge in [0, 0.05) is 12.6 Å². The summed E-state index contributed by atoms with van der Waals surface area (Å²) in [6, 6.07) is 0.778. The summed E-state index contributed by atoms with van der Waals surface area (Å²) in [4.78, 5) is 8.00. The number of aliphatic hydroxyl groups is 1. The second kappa shape index (κ2) is 12.6. The van der Waals surface area contributed by atoms with Gasteiger partial charge in [-0.05, 0) is 32.2 Å². The third-order valence-electron chi connectivity index (χ3n) is 2.24. The molecule has 1 saturated heterocycles. The van der Waals surface area contributed by atoms with Gasteiger partial charge in [0.1, 0.15) is 6.79 Å². The second-order valence-electron chi connectivity index (χ2n) is 3.54. The zero-order valence-electron chi connectivity index (χ0n) is 9.75. The van der Waals surface area contributed by atoms with E-state index in [4.69, 9.17) is 9.90 Å². The Morgan fingerprint density at radius 2 is 1.93 bits per heavy atom. The SMILES string of the molecule is C=O.CCCO.CC[C@@H]1CNC(C)C1. The summed E-state index contributed by atoms with van der Waals surface area (Å²) in [6.45, 7) is 10.0. The third kappa shape index (κ3) is 9.68. The van der Waals surface area contributed by atoms with Crippen LogP contribution in [0.3, 0.4) is 0 Å². The lowest BCUT2D eigenvalue weighted by Gasteiger charge is -2.00. The van der Waals surface area contributed by atoms with Gasteiger partial charge < -0.3 is 15.2 Å². The van der Waals surface area contributed by atoms with Crippen molar-refractivity contribution >= 4 is 6.79 Å². The second-order valence-corrected chi connectivity index (χ2v) is 3.54. The van der Waals surface area contributed by atoms with Crippen LogP contribution in [0.15, 0.2) is 0 Å². The lowest BCUT2D eigenvalue weighted by molar-refractivity contribution is -0.0979. The maximum absolute atomic E-state index is 8.00. The molecule has 2 atom stereocenters. The highest BCUT2D eigenvalue weighted by Gasteiger charge is 2.17. The van der Waals surface area contributed by atoms with Gasteiger partial charge >= 0.3 is 0 Å². The molecule has 0 radical (unpaired) electrons. The fourth-order valence-electron chi connectivity index (χ4n) is 1.35. The molecule has 1 fully saturated rings. The number of rotatable bonds is 2. The largest absolute Gasteiger partial charge is 0.396 e. The Labute approximate surface area is 87.9 Å². The molecule has 0 aromatic carbocycles. The van der Waals surface area contributed by atoms with Crippen LogP contribution in [0.4, 0.5) is 0 Å². The van der Waals surface area contributed by atoms with Crippen molar-refractivity contribution in [3.05, 3.63) is 0 Å². The fraction of sp³-hybridized carbons (Fsp3) is 0.909. The van der Waals surface area contributed by atoms with Crippen molar-refractivity contribution in [3.8, 4) is 0 Å². The van der Waals surface area contributed by atoms with Gasteiger partial charge in [0.2, 0.25) is 0 Å². The van der Waals surface area contributed by atoms with E-state index >= 15 is 0 Å². The molecule has 0 saturated carbocycles. The molecule has 3 nitrogen and oxygen atoms in total. The molecule has 0 amide bonds. The van der Waals surface area contributed by atoms with Gasteiger partial charge in [-0.2, -0.15) is 0 Å². The average molecular weight is 203 g/mol. The van der Waals surface area contributed by atoms with E-state index < -0.39 is 0 Å². The van der Waals surface area contributed by atoms with Gasteiger partial charge in [0.05, 0.1) is 0 Å². The summed E-state index contributed by atoms with van der Waals surface area (Å²) in [5, 5.41) is 11.3. The Morgan fingerprint density at radius 3 is 2.07 bits per heavy atom. The molecule has 3 heteroatoms. The van der Waals surface area contributed by atoms with E-state index in [1.54, 1.807) is 0 Å². The van der Waals surface area contributed by atoms with Crippen LogP contribution in [-0.2, 0) is 4.79 Å². The van der Waals surface area contributed by atoms with Crippen LogP contribution < -0.4 is 5.32 Å². The molecule has 0 aliphatic carbocycles. The van der Waals surface area contributed by atoms with E-state index in [1.165, 1.54) is 19.4 Å². The zero-order chi connectivity index (χ0) is 11.4. The number of hydrogen-bond acceptors (Lipinski definition) is 3. The number of carbonyl (C=O) groups is 1. The third-order valence-corrected chi connectivity index (χ3v) is 2.24. The van der Waals surface area contributed by atoms with E-state index in [0.717, 1.165) is 18.4 Å². The summed E-state index contributed by atoms with van der Waals surface area (Å²) < 4.78 is 0. The van der Waals surface area contributed by atoms with Gasteiger partial charge in [0.25, 0.3) is 0 Å². The number of hydrogen-bond donors (Lipinski definition) is 2. The number of carbonyl (C=O) groups excluding carboxylic acids is 1. The van der Waals surface area contributed by atoms with Crippen molar-refractivity contribution in [2.75, 3.05) is 13.2 Å². The topological polar surface area (TPSA) is 49.3 Å². The maximum Gasteiger partial charge on any atom is 0.106 e. The van der Waals surface area contributed by atoms with E-state index in [9.17, 15) is 0 Å². The Hall–Kier alpha value is -0.410. The van der Waals surface area contributed by atoms with Crippen LogP contribution in [0.5, 0.6) is 0 Å². The minimum absolute atomic E-state index is 0.319. The standard InChI is InChI=1S/C7H15N.C3H8O.CH2O/c1-3-7-4-6(2)8-5-7;1-2-3-4;1-2/h6-8H,3-5H2,1-2H3;4H,2-3H2,1H3;1H2/t6?,7-;;/m0../s1. The Bertz CT molecular complexity index is 107. The van der Waals surface area contributed by atoms with Crippen LogP contribution in [0.2, 0.25) is 0 Å². The lowest BCUT2D eigenvalue weighted by Crippen LogP contribution is -2.16. The molecular weight excluding hydrogens is 178 g/mol.